The molecule has 2 aromatic rings. The molecule has 0 aliphatic rings. The van der Waals surface area contributed by atoms with Gasteiger partial charge in [0.2, 0.25) is 17.6 Å². The molecule has 0 atom stereocenters. The summed E-state index contributed by atoms with van der Waals surface area (Å²) in [6, 6.07) is 8.12. The van der Waals surface area contributed by atoms with Crippen molar-refractivity contribution in [2.24, 2.45) is 0 Å². The minimum atomic E-state index is -0.0377. The van der Waals surface area contributed by atoms with Crippen LogP contribution in [0.1, 0.15) is 45.6 Å². The van der Waals surface area contributed by atoms with Gasteiger partial charge in [-0.1, -0.05) is 57.1 Å². The Morgan fingerprint density at radius 3 is 2.48 bits per heavy atom. The van der Waals surface area contributed by atoms with Crippen molar-refractivity contribution >= 4 is 5.91 Å². The molecule has 0 aliphatic heterocycles. The number of hydrogen-bond donors (Lipinski definition) is 1. The summed E-state index contributed by atoms with van der Waals surface area (Å²) in [6.07, 6.45) is 0.440. The van der Waals surface area contributed by atoms with Crippen LogP contribution in [-0.2, 0) is 16.8 Å². The summed E-state index contributed by atoms with van der Waals surface area (Å²) in [6.45, 7) is 8.58. The van der Waals surface area contributed by atoms with Crippen LogP contribution in [0.4, 0.5) is 0 Å². The molecule has 5 heteroatoms. The predicted molar refractivity (Wildman–Crippen MR) is 80.6 cm³/mol. The molecule has 0 saturated heterocycles. The number of nitrogens with one attached hydrogen (secondary N) is 1. The Balaban J connectivity index is 2.09. The number of benzene rings is 1. The van der Waals surface area contributed by atoms with Crippen LogP contribution in [0.5, 0.6) is 0 Å². The molecule has 1 aromatic carbocycles. The summed E-state index contributed by atoms with van der Waals surface area (Å²) in [5, 5.41) is 6.65. The zero-order valence-electron chi connectivity index (χ0n) is 12.9. The summed E-state index contributed by atoms with van der Waals surface area (Å²) in [4.78, 5) is 15.5. The smallest absolute Gasteiger partial charge is 0.246 e. The van der Waals surface area contributed by atoms with Crippen LogP contribution in [0.15, 0.2) is 28.8 Å². The minimum absolute atomic E-state index is 0.0377. The first-order chi connectivity index (χ1) is 9.90. The Bertz CT molecular complexity index is 609. The second-order valence-electron chi connectivity index (χ2n) is 5.97. The molecular formula is C16H21N3O2. The zero-order valence-corrected chi connectivity index (χ0v) is 12.9. The largest absolute Gasteiger partial charge is 0.347 e. The van der Waals surface area contributed by atoms with E-state index in [0.29, 0.717) is 18.1 Å². The molecule has 2 rings (SSSR count). The Kier molecular flexibility index (Phi) is 4.40. The van der Waals surface area contributed by atoms with Gasteiger partial charge >= 0.3 is 0 Å². The highest BCUT2D eigenvalue weighted by atomic mass is 16.5. The van der Waals surface area contributed by atoms with Crippen LogP contribution in [0.25, 0.3) is 11.4 Å². The molecule has 21 heavy (non-hydrogen) atoms. The monoisotopic (exact) mass is 287 g/mol. The van der Waals surface area contributed by atoms with Crippen molar-refractivity contribution in [2.75, 3.05) is 0 Å². The summed E-state index contributed by atoms with van der Waals surface area (Å²) in [7, 11) is 0. The Labute approximate surface area is 124 Å². The Morgan fingerprint density at radius 1 is 1.24 bits per heavy atom. The molecule has 0 spiro atoms. The molecule has 0 aliphatic carbocycles. The number of nitrogens with zero attached hydrogens (tertiary/aromatic N) is 2. The lowest BCUT2D eigenvalue weighted by molar-refractivity contribution is -0.121. The maximum Gasteiger partial charge on any atom is 0.246 e. The standard InChI is InChI=1S/C16H21N3O2/c1-5-13(20)17-10-14-18-15(19-21-14)11-6-8-12(9-7-11)16(2,3)4/h6-9H,5,10H2,1-4H3,(H,17,20). The maximum absolute atomic E-state index is 11.2. The first kappa shape index (κ1) is 15.2. The van der Waals surface area contributed by atoms with Gasteiger partial charge in [0.1, 0.15) is 0 Å². The molecule has 1 aromatic heterocycles. The van der Waals surface area contributed by atoms with Crippen molar-refractivity contribution in [3.05, 3.63) is 35.7 Å². The van der Waals surface area contributed by atoms with E-state index in [2.05, 4.69) is 48.4 Å². The highest BCUT2D eigenvalue weighted by Crippen LogP contribution is 2.24. The molecular weight excluding hydrogens is 266 g/mol. The third kappa shape index (κ3) is 3.90. The van der Waals surface area contributed by atoms with Gasteiger partial charge in [-0.3, -0.25) is 4.79 Å². The summed E-state index contributed by atoms with van der Waals surface area (Å²) < 4.78 is 5.14. The highest BCUT2D eigenvalue weighted by Gasteiger charge is 2.14. The molecule has 0 saturated carbocycles. The number of aromatic nitrogens is 2. The fourth-order valence-corrected chi connectivity index (χ4v) is 1.86. The number of rotatable bonds is 4. The van der Waals surface area contributed by atoms with Gasteiger partial charge in [0.05, 0.1) is 6.54 Å². The molecule has 0 radical (unpaired) electrons. The molecule has 1 heterocycles. The first-order valence-corrected chi connectivity index (χ1v) is 7.10. The van der Waals surface area contributed by atoms with E-state index in [1.54, 1.807) is 6.92 Å². The van der Waals surface area contributed by atoms with E-state index in [0.717, 1.165) is 5.56 Å². The van der Waals surface area contributed by atoms with Gasteiger partial charge in [0, 0.05) is 12.0 Å². The Morgan fingerprint density at radius 2 is 1.90 bits per heavy atom. The molecule has 1 amide bonds. The third-order valence-corrected chi connectivity index (χ3v) is 3.24. The van der Waals surface area contributed by atoms with E-state index in [9.17, 15) is 4.79 Å². The van der Waals surface area contributed by atoms with Crippen LogP contribution in [0.3, 0.4) is 0 Å². The first-order valence-electron chi connectivity index (χ1n) is 7.10. The topological polar surface area (TPSA) is 68.0 Å². The van der Waals surface area contributed by atoms with Crippen molar-refractivity contribution in [1.29, 1.82) is 0 Å². The van der Waals surface area contributed by atoms with Gasteiger partial charge in [-0.2, -0.15) is 4.98 Å². The van der Waals surface area contributed by atoms with Crippen molar-refractivity contribution < 1.29 is 9.32 Å². The van der Waals surface area contributed by atoms with Crippen LogP contribution in [-0.4, -0.2) is 16.0 Å². The van der Waals surface area contributed by atoms with Crippen molar-refractivity contribution in [3.8, 4) is 11.4 Å². The van der Waals surface area contributed by atoms with E-state index < -0.39 is 0 Å². The Hall–Kier alpha value is -2.17. The van der Waals surface area contributed by atoms with E-state index in [1.807, 2.05) is 12.1 Å². The maximum atomic E-state index is 11.2. The average Bonchev–Trinajstić information content (AvgIpc) is 2.93. The van der Waals surface area contributed by atoms with Crippen LogP contribution in [0.2, 0.25) is 0 Å². The quantitative estimate of drug-likeness (QED) is 0.938. The lowest BCUT2D eigenvalue weighted by atomic mass is 9.87. The predicted octanol–water partition coefficient (Wildman–Crippen LogP) is 3.06. The van der Waals surface area contributed by atoms with Crippen molar-refractivity contribution in [1.82, 2.24) is 15.5 Å². The van der Waals surface area contributed by atoms with E-state index in [1.165, 1.54) is 5.56 Å². The number of hydrogen-bond acceptors (Lipinski definition) is 4. The summed E-state index contributed by atoms with van der Waals surface area (Å²) >= 11 is 0. The molecule has 0 fully saturated rings. The van der Waals surface area contributed by atoms with Crippen LogP contribution >= 0.6 is 0 Å². The van der Waals surface area contributed by atoms with Crippen LogP contribution < -0.4 is 5.32 Å². The third-order valence-electron chi connectivity index (χ3n) is 3.24. The van der Waals surface area contributed by atoms with E-state index in [-0.39, 0.29) is 17.9 Å². The highest BCUT2D eigenvalue weighted by molar-refractivity contribution is 5.75. The minimum Gasteiger partial charge on any atom is -0.347 e. The summed E-state index contributed by atoms with van der Waals surface area (Å²) in [5.74, 6) is 0.909. The lowest BCUT2D eigenvalue weighted by Crippen LogP contribution is -2.21. The van der Waals surface area contributed by atoms with Gasteiger partial charge in [-0.05, 0) is 11.0 Å². The lowest BCUT2D eigenvalue weighted by Gasteiger charge is -2.18. The van der Waals surface area contributed by atoms with Crippen molar-refractivity contribution in [2.45, 2.75) is 46.1 Å². The molecule has 5 nitrogen and oxygen atoms in total. The zero-order chi connectivity index (χ0) is 15.5. The second kappa shape index (κ2) is 6.08. The van der Waals surface area contributed by atoms with E-state index in [4.69, 9.17) is 4.52 Å². The van der Waals surface area contributed by atoms with Gasteiger partial charge < -0.3 is 9.84 Å². The van der Waals surface area contributed by atoms with Crippen molar-refractivity contribution in [3.63, 3.8) is 0 Å². The van der Waals surface area contributed by atoms with Gasteiger partial charge in [-0.25, -0.2) is 0 Å². The normalized spacial score (nSPS) is 11.4. The number of carbonyl (C=O) groups excluding carboxylic acids is 1. The van der Waals surface area contributed by atoms with Gasteiger partial charge in [0.15, 0.2) is 0 Å². The number of amides is 1. The SMILES string of the molecule is CCC(=O)NCc1nc(-c2ccc(C(C)(C)C)cc2)no1. The van der Waals surface area contributed by atoms with Gasteiger partial charge in [-0.15, -0.1) is 0 Å². The van der Waals surface area contributed by atoms with E-state index >= 15 is 0 Å². The second-order valence-corrected chi connectivity index (χ2v) is 5.97. The molecule has 0 unspecified atom stereocenters. The molecule has 0 bridgehead atoms. The fourth-order valence-electron chi connectivity index (χ4n) is 1.86. The van der Waals surface area contributed by atoms with Crippen LogP contribution in [0, 0.1) is 0 Å². The molecule has 112 valence electrons. The van der Waals surface area contributed by atoms with Gasteiger partial charge in [0.25, 0.3) is 0 Å². The molecule has 1 N–H and O–H groups in total. The fraction of sp³-hybridized carbons (Fsp3) is 0.438. The average molecular weight is 287 g/mol. The summed E-state index contributed by atoms with van der Waals surface area (Å²) in [5.41, 5.74) is 2.27. The number of carbonyl (C=O) groups is 1.